The van der Waals surface area contributed by atoms with Crippen LogP contribution in [0.4, 0.5) is 0 Å². The van der Waals surface area contributed by atoms with Gasteiger partial charge in [-0.1, -0.05) is 12.1 Å². The second kappa shape index (κ2) is 4.15. The van der Waals surface area contributed by atoms with Crippen molar-refractivity contribution in [2.24, 2.45) is 0 Å². The topological polar surface area (TPSA) is 44.0 Å². The lowest BCUT2D eigenvalue weighted by molar-refractivity contribution is 0.199. The fourth-order valence-electron chi connectivity index (χ4n) is 0.891. The van der Waals surface area contributed by atoms with Crippen molar-refractivity contribution in [1.29, 1.82) is 5.26 Å². The minimum absolute atomic E-state index is 0.468. The van der Waals surface area contributed by atoms with E-state index in [9.17, 15) is 5.11 Å². The van der Waals surface area contributed by atoms with Crippen LogP contribution in [0.1, 0.15) is 18.6 Å². The Morgan fingerprint density at radius 3 is 2.92 bits per heavy atom. The van der Waals surface area contributed by atoms with Gasteiger partial charge in [-0.3, -0.25) is 0 Å². The molecule has 3 heteroatoms. The van der Waals surface area contributed by atoms with Crippen molar-refractivity contribution in [3.63, 3.8) is 0 Å². The zero-order valence-electron chi connectivity index (χ0n) is 6.69. The summed E-state index contributed by atoms with van der Waals surface area (Å²) in [7, 11) is 0. The fraction of sp³-hybridized carbons (Fsp3) is 0.222. The van der Waals surface area contributed by atoms with Crippen LogP contribution in [0.3, 0.4) is 0 Å². The van der Waals surface area contributed by atoms with E-state index in [0.29, 0.717) is 0 Å². The number of benzene rings is 1. The first-order valence-corrected chi connectivity index (χ1v) is 4.39. The molecule has 0 saturated heterocycles. The lowest BCUT2D eigenvalue weighted by atomic mass is 10.1. The smallest absolute Gasteiger partial charge is 0.138 e. The van der Waals surface area contributed by atoms with Crippen molar-refractivity contribution in [3.05, 3.63) is 29.8 Å². The summed E-state index contributed by atoms with van der Waals surface area (Å²) < 4.78 is 0. The van der Waals surface area contributed by atoms with Crippen molar-refractivity contribution in [1.82, 2.24) is 0 Å². The number of nitriles is 1. The molecule has 62 valence electrons. The number of hydrogen-bond donors (Lipinski definition) is 1. The lowest BCUT2D eigenvalue weighted by Crippen LogP contribution is -1.89. The molecule has 1 N–H and O–H groups in total. The average Bonchev–Trinajstić information content (AvgIpc) is 2.05. The number of nitrogens with zero attached hydrogens (tertiary/aromatic N) is 1. The third kappa shape index (κ3) is 2.26. The molecule has 0 aromatic heterocycles. The molecular formula is C9H9NOS. The Balaban J connectivity index is 2.90. The Morgan fingerprint density at radius 2 is 2.33 bits per heavy atom. The summed E-state index contributed by atoms with van der Waals surface area (Å²) in [5.74, 6) is 0. The Hall–Kier alpha value is -0.980. The molecule has 0 fully saturated rings. The maximum atomic E-state index is 9.22. The molecule has 1 atom stereocenters. The molecule has 0 saturated carbocycles. The van der Waals surface area contributed by atoms with Gasteiger partial charge >= 0.3 is 0 Å². The number of aliphatic hydroxyl groups is 1. The first-order valence-electron chi connectivity index (χ1n) is 3.58. The van der Waals surface area contributed by atoms with E-state index in [1.807, 2.05) is 29.7 Å². The van der Waals surface area contributed by atoms with E-state index in [1.54, 1.807) is 6.92 Å². The van der Waals surface area contributed by atoms with Crippen molar-refractivity contribution < 1.29 is 5.11 Å². The normalized spacial score (nSPS) is 12.1. The summed E-state index contributed by atoms with van der Waals surface area (Å²) in [4.78, 5) is 0.871. The van der Waals surface area contributed by atoms with Crippen LogP contribution < -0.4 is 0 Å². The predicted molar refractivity (Wildman–Crippen MR) is 48.5 cm³/mol. The molecule has 0 amide bonds. The highest BCUT2D eigenvalue weighted by Gasteiger charge is 2.00. The molecule has 0 spiro atoms. The predicted octanol–water partition coefficient (Wildman–Crippen LogP) is 2.31. The minimum atomic E-state index is -0.468. The van der Waals surface area contributed by atoms with Crippen LogP contribution in [0.5, 0.6) is 0 Å². The summed E-state index contributed by atoms with van der Waals surface area (Å²) in [5, 5.41) is 19.6. The molecule has 1 aromatic carbocycles. The van der Waals surface area contributed by atoms with Crippen LogP contribution in [0.15, 0.2) is 29.2 Å². The van der Waals surface area contributed by atoms with E-state index in [1.165, 1.54) is 0 Å². The quantitative estimate of drug-likeness (QED) is 0.559. The van der Waals surface area contributed by atoms with E-state index in [2.05, 4.69) is 0 Å². The molecule has 0 heterocycles. The maximum Gasteiger partial charge on any atom is 0.138 e. The third-order valence-corrected chi connectivity index (χ3v) is 2.08. The maximum absolute atomic E-state index is 9.22. The average molecular weight is 179 g/mol. The highest BCUT2D eigenvalue weighted by Crippen LogP contribution is 2.20. The van der Waals surface area contributed by atoms with Gasteiger partial charge in [-0.05, 0) is 36.4 Å². The van der Waals surface area contributed by atoms with Crippen LogP contribution >= 0.6 is 11.8 Å². The Labute approximate surface area is 75.8 Å². The molecular weight excluding hydrogens is 170 g/mol. The monoisotopic (exact) mass is 179 g/mol. The van der Waals surface area contributed by atoms with Crippen molar-refractivity contribution in [3.8, 4) is 5.40 Å². The largest absolute Gasteiger partial charge is 0.389 e. The van der Waals surface area contributed by atoms with Gasteiger partial charge in [0.05, 0.1) is 6.10 Å². The van der Waals surface area contributed by atoms with Crippen LogP contribution in [-0.4, -0.2) is 5.11 Å². The highest BCUT2D eigenvalue weighted by molar-refractivity contribution is 8.03. The summed E-state index contributed by atoms with van der Waals surface area (Å²) in [5.41, 5.74) is 0.843. The van der Waals surface area contributed by atoms with Crippen molar-refractivity contribution in [2.75, 3.05) is 0 Å². The molecule has 0 bridgehead atoms. The van der Waals surface area contributed by atoms with Gasteiger partial charge in [-0.25, -0.2) is 0 Å². The molecule has 0 aliphatic heterocycles. The van der Waals surface area contributed by atoms with Gasteiger partial charge in [0.1, 0.15) is 5.40 Å². The molecule has 0 aliphatic carbocycles. The highest BCUT2D eigenvalue weighted by atomic mass is 32.2. The SMILES string of the molecule is CC(O)c1cccc(SC#N)c1. The molecule has 0 radical (unpaired) electrons. The molecule has 12 heavy (non-hydrogen) atoms. The zero-order chi connectivity index (χ0) is 8.97. The van der Waals surface area contributed by atoms with E-state index in [0.717, 1.165) is 22.2 Å². The van der Waals surface area contributed by atoms with E-state index >= 15 is 0 Å². The second-order valence-corrected chi connectivity index (χ2v) is 3.30. The standard InChI is InChI=1S/C9H9NOS/c1-7(11)8-3-2-4-9(5-8)12-6-10/h2-5,7,11H,1H3. The first kappa shape index (κ1) is 9.11. The van der Waals surface area contributed by atoms with Gasteiger partial charge in [0.2, 0.25) is 0 Å². The fourth-order valence-corrected chi connectivity index (χ4v) is 1.34. The molecule has 1 rings (SSSR count). The molecule has 1 aromatic rings. The Kier molecular flexibility index (Phi) is 3.15. The summed E-state index contributed by atoms with van der Waals surface area (Å²) in [6, 6.07) is 7.34. The minimum Gasteiger partial charge on any atom is -0.389 e. The molecule has 2 nitrogen and oxygen atoms in total. The van der Waals surface area contributed by atoms with Crippen molar-refractivity contribution in [2.45, 2.75) is 17.9 Å². The number of rotatable bonds is 2. The van der Waals surface area contributed by atoms with E-state index < -0.39 is 6.10 Å². The van der Waals surface area contributed by atoms with Gasteiger partial charge < -0.3 is 5.11 Å². The summed E-state index contributed by atoms with van der Waals surface area (Å²) in [6.45, 7) is 1.70. The molecule has 1 unspecified atom stereocenters. The van der Waals surface area contributed by atoms with Gasteiger partial charge in [0.25, 0.3) is 0 Å². The van der Waals surface area contributed by atoms with Gasteiger partial charge in [0, 0.05) is 4.90 Å². The van der Waals surface area contributed by atoms with Gasteiger partial charge in [0.15, 0.2) is 0 Å². The lowest BCUT2D eigenvalue weighted by Gasteiger charge is -2.04. The van der Waals surface area contributed by atoms with Gasteiger partial charge in [-0.15, -0.1) is 0 Å². The van der Waals surface area contributed by atoms with E-state index in [-0.39, 0.29) is 0 Å². The zero-order valence-corrected chi connectivity index (χ0v) is 7.51. The second-order valence-electron chi connectivity index (χ2n) is 2.44. The summed E-state index contributed by atoms with van der Waals surface area (Å²) in [6.07, 6.45) is -0.468. The van der Waals surface area contributed by atoms with Crippen LogP contribution in [0.2, 0.25) is 0 Å². The summed E-state index contributed by atoms with van der Waals surface area (Å²) >= 11 is 1.10. The van der Waals surface area contributed by atoms with Crippen LogP contribution in [-0.2, 0) is 0 Å². The van der Waals surface area contributed by atoms with Crippen molar-refractivity contribution >= 4 is 11.8 Å². The number of aliphatic hydroxyl groups excluding tert-OH is 1. The van der Waals surface area contributed by atoms with Crippen LogP contribution in [0.25, 0.3) is 0 Å². The number of thiocyanates is 1. The van der Waals surface area contributed by atoms with Gasteiger partial charge in [-0.2, -0.15) is 5.26 Å². The number of thioether (sulfide) groups is 1. The Bertz CT molecular complexity index is 304. The number of hydrogen-bond acceptors (Lipinski definition) is 3. The van der Waals surface area contributed by atoms with Crippen LogP contribution in [0, 0.1) is 10.7 Å². The third-order valence-electron chi connectivity index (χ3n) is 1.50. The molecule has 0 aliphatic rings. The Morgan fingerprint density at radius 1 is 1.58 bits per heavy atom. The van der Waals surface area contributed by atoms with E-state index in [4.69, 9.17) is 5.26 Å². The first-order chi connectivity index (χ1) is 5.74.